The van der Waals surface area contributed by atoms with Crippen LogP contribution in [0.1, 0.15) is 79.6 Å². The minimum atomic E-state index is -0.333. The van der Waals surface area contributed by atoms with Crippen LogP contribution >= 0.6 is 0 Å². The fourth-order valence-electron chi connectivity index (χ4n) is 1.73. The second-order valence-electron chi connectivity index (χ2n) is 5.48. The van der Waals surface area contributed by atoms with E-state index in [4.69, 9.17) is 0 Å². The topological polar surface area (TPSA) is 72.2 Å². The maximum Gasteiger partial charge on any atom is 0.220 e. The van der Waals surface area contributed by atoms with E-state index in [0.29, 0.717) is 12.5 Å². The largest absolute Gasteiger partial charge is 0.370 e. The van der Waals surface area contributed by atoms with Gasteiger partial charge in [0, 0.05) is 19.4 Å². The van der Waals surface area contributed by atoms with Crippen LogP contribution in [0.2, 0.25) is 0 Å². The molecule has 0 radical (unpaired) electrons. The van der Waals surface area contributed by atoms with Gasteiger partial charge in [-0.25, -0.2) is 0 Å². The lowest BCUT2D eigenvalue weighted by molar-refractivity contribution is -0.119. The number of rotatable bonds is 7. The van der Waals surface area contributed by atoms with Crippen LogP contribution in [0.4, 0.5) is 0 Å². The van der Waals surface area contributed by atoms with Crippen LogP contribution in [0.15, 0.2) is 50.1 Å². The lowest BCUT2D eigenvalue weighted by atomic mass is 10.1. The number of carbonyl (C=O) groups excluding carboxylic acids is 2. The van der Waals surface area contributed by atoms with Crippen molar-refractivity contribution in [3.05, 3.63) is 50.1 Å². The van der Waals surface area contributed by atoms with Crippen LogP contribution in [0.25, 0.3) is 0 Å². The monoisotopic (exact) mass is 380 g/mol. The van der Waals surface area contributed by atoms with Gasteiger partial charge in [-0.15, -0.1) is 6.58 Å². The Hall–Kier alpha value is -2.10. The first kappa shape index (κ1) is 32.6. The molecule has 4 heteroatoms. The Labute approximate surface area is 168 Å². The van der Waals surface area contributed by atoms with Gasteiger partial charge in [-0.1, -0.05) is 83.6 Å². The quantitative estimate of drug-likeness (QED) is 0.330. The van der Waals surface area contributed by atoms with Crippen molar-refractivity contribution in [2.75, 3.05) is 0 Å². The predicted octanol–water partition coefficient (Wildman–Crippen LogP) is 5.86. The van der Waals surface area contributed by atoms with E-state index in [2.05, 4.69) is 49.9 Å². The second-order valence-corrected chi connectivity index (χ2v) is 5.48. The Morgan fingerprint density at radius 1 is 1.19 bits per heavy atom. The molecule has 158 valence electrons. The first-order valence-electron chi connectivity index (χ1n) is 9.91. The van der Waals surface area contributed by atoms with Gasteiger partial charge in [0.05, 0.1) is 0 Å². The second kappa shape index (κ2) is 31.6. The highest BCUT2D eigenvalue weighted by Gasteiger charge is 2.17. The number of allylic oxidation sites excluding steroid dienone is 4. The van der Waals surface area contributed by atoms with Crippen molar-refractivity contribution in [2.45, 2.75) is 85.6 Å². The number of amides is 2. The summed E-state index contributed by atoms with van der Waals surface area (Å²) in [6.45, 7) is 19.5. The SMILES string of the molecule is C=CC.C=CC=C.CC.CC(N)=O.CCCCCC/C=C/C1CCC(=O)N1. The number of hydrogen-bond donors (Lipinski definition) is 2. The van der Waals surface area contributed by atoms with Crippen molar-refractivity contribution in [2.24, 2.45) is 5.73 Å². The summed E-state index contributed by atoms with van der Waals surface area (Å²) in [4.78, 5) is 20.1. The third-order valence-corrected chi connectivity index (χ3v) is 2.79. The Kier molecular flexibility index (Phi) is 38.2. The first-order chi connectivity index (χ1) is 12.9. The molecule has 27 heavy (non-hydrogen) atoms. The van der Waals surface area contributed by atoms with E-state index in [1.165, 1.54) is 32.6 Å². The van der Waals surface area contributed by atoms with E-state index in [0.717, 1.165) is 12.8 Å². The minimum Gasteiger partial charge on any atom is -0.370 e. The van der Waals surface area contributed by atoms with Crippen LogP contribution in [-0.4, -0.2) is 17.9 Å². The maximum atomic E-state index is 10.9. The van der Waals surface area contributed by atoms with Crippen LogP contribution < -0.4 is 11.1 Å². The summed E-state index contributed by atoms with van der Waals surface area (Å²) in [6, 6.07) is 0.314. The van der Waals surface area contributed by atoms with E-state index in [-0.39, 0.29) is 11.8 Å². The number of hydrogen-bond acceptors (Lipinski definition) is 2. The third-order valence-electron chi connectivity index (χ3n) is 2.79. The molecule has 0 bridgehead atoms. The molecule has 0 aromatic carbocycles. The fourth-order valence-corrected chi connectivity index (χ4v) is 1.73. The van der Waals surface area contributed by atoms with Gasteiger partial charge in [0.25, 0.3) is 0 Å². The van der Waals surface area contributed by atoms with Gasteiger partial charge in [0.2, 0.25) is 11.8 Å². The lowest BCUT2D eigenvalue weighted by Gasteiger charge is -2.01. The van der Waals surface area contributed by atoms with Crippen molar-refractivity contribution < 1.29 is 9.59 Å². The maximum absolute atomic E-state index is 10.9. The first-order valence-corrected chi connectivity index (χ1v) is 9.91. The smallest absolute Gasteiger partial charge is 0.220 e. The predicted molar refractivity (Wildman–Crippen MR) is 122 cm³/mol. The van der Waals surface area contributed by atoms with Gasteiger partial charge in [-0.05, 0) is 26.2 Å². The average molecular weight is 381 g/mol. The number of nitrogens with two attached hydrogens (primary N) is 1. The summed E-state index contributed by atoms with van der Waals surface area (Å²) in [5, 5.41) is 2.93. The number of unbranched alkanes of at least 4 members (excludes halogenated alkanes) is 4. The molecule has 1 aliphatic heterocycles. The molecule has 3 N–H and O–H groups in total. The summed E-state index contributed by atoms with van der Waals surface area (Å²) < 4.78 is 0. The molecule has 1 aliphatic rings. The Morgan fingerprint density at radius 2 is 1.67 bits per heavy atom. The highest BCUT2D eigenvalue weighted by atomic mass is 16.2. The van der Waals surface area contributed by atoms with Gasteiger partial charge in [-0.3, -0.25) is 9.59 Å². The molecule has 1 heterocycles. The van der Waals surface area contributed by atoms with Gasteiger partial charge >= 0.3 is 0 Å². The number of primary amides is 1. The standard InChI is InChI=1S/C12H21NO.C4H6.C3H6.C2H5NO.C2H6/c1-2-3-4-5-6-7-8-11-9-10-12(14)13-11;1-3-4-2;1-3-2;1-2(3)4;1-2/h7-8,11H,2-6,9-10H2,1H3,(H,13,14);3-4H,1-2H2;3H,1H2,2H3;1H3,(H2,3,4);1-2H3/b8-7+;;;;. The molecule has 0 spiro atoms. The lowest BCUT2D eigenvalue weighted by Crippen LogP contribution is -2.22. The molecule has 4 nitrogen and oxygen atoms in total. The van der Waals surface area contributed by atoms with Crippen molar-refractivity contribution in [1.82, 2.24) is 5.32 Å². The van der Waals surface area contributed by atoms with E-state index in [1.807, 2.05) is 20.8 Å². The summed E-state index contributed by atoms with van der Waals surface area (Å²) >= 11 is 0. The van der Waals surface area contributed by atoms with E-state index in [9.17, 15) is 9.59 Å². The zero-order valence-electron chi connectivity index (χ0n) is 18.4. The molecule has 0 aromatic rings. The summed E-state index contributed by atoms with van der Waals surface area (Å²) in [5.74, 6) is -0.134. The fraction of sp³-hybridized carbons (Fsp3) is 0.565. The average Bonchev–Trinajstić information content (AvgIpc) is 3.05. The van der Waals surface area contributed by atoms with Crippen LogP contribution in [0, 0.1) is 0 Å². The van der Waals surface area contributed by atoms with E-state index >= 15 is 0 Å². The van der Waals surface area contributed by atoms with Crippen molar-refractivity contribution in [1.29, 1.82) is 0 Å². The van der Waals surface area contributed by atoms with Gasteiger partial charge in [0.1, 0.15) is 0 Å². The Bertz CT molecular complexity index is 378. The molecule has 0 saturated carbocycles. The van der Waals surface area contributed by atoms with Crippen molar-refractivity contribution in [3.8, 4) is 0 Å². The third kappa shape index (κ3) is 45.3. The van der Waals surface area contributed by atoms with Gasteiger partial charge in [-0.2, -0.15) is 0 Å². The normalized spacial score (nSPS) is 13.7. The van der Waals surface area contributed by atoms with Gasteiger partial charge < -0.3 is 11.1 Å². The molecule has 1 rings (SSSR count). The highest BCUT2D eigenvalue weighted by Crippen LogP contribution is 2.09. The zero-order chi connectivity index (χ0) is 21.9. The Morgan fingerprint density at radius 3 is 2.00 bits per heavy atom. The van der Waals surface area contributed by atoms with E-state index < -0.39 is 0 Å². The molecule has 1 atom stereocenters. The Balaban J connectivity index is -0.000000168. The zero-order valence-corrected chi connectivity index (χ0v) is 18.4. The van der Waals surface area contributed by atoms with E-state index in [1.54, 1.807) is 18.2 Å². The van der Waals surface area contributed by atoms with Crippen molar-refractivity contribution in [3.63, 3.8) is 0 Å². The molecule has 2 amide bonds. The molecule has 0 aliphatic carbocycles. The highest BCUT2D eigenvalue weighted by molar-refractivity contribution is 5.78. The minimum absolute atomic E-state index is 0.200. The molecular formula is C23H44N2O2. The molecule has 1 unspecified atom stereocenters. The molecule has 1 fully saturated rings. The van der Waals surface area contributed by atoms with Crippen molar-refractivity contribution >= 4 is 11.8 Å². The number of nitrogens with one attached hydrogen (secondary N) is 1. The summed E-state index contributed by atoms with van der Waals surface area (Å²) in [5.41, 5.74) is 4.47. The van der Waals surface area contributed by atoms with Crippen LogP contribution in [0.5, 0.6) is 0 Å². The molecular weight excluding hydrogens is 336 g/mol. The van der Waals surface area contributed by atoms with Crippen LogP contribution in [0.3, 0.4) is 0 Å². The molecule has 1 saturated heterocycles. The summed E-state index contributed by atoms with van der Waals surface area (Å²) in [6.07, 6.45) is 17.5. The summed E-state index contributed by atoms with van der Waals surface area (Å²) in [7, 11) is 0. The van der Waals surface area contributed by atoms with Crippen LogP contribution in [-0.2, 0) is 9.59 Å². The number of carbonyl (C=O) groups is 2. The van der Waals surface area contributed by atoms with Gasteiger partial charge in [0.15, 0.2) is 0 Å². The molecule has 0 aromatic heterocycles.